The molecule has 1 aromatic heterocycles. The zero-order chi connectivity index (χ0) is 23.3. The molecule has 0 aliphatic carbocycles. The summed E-state index contributed by atoms with van der Waals surface area (Å²) in [5.74, 6) is 0.731. The number of aromatic nitrogens is 2. The van der Waals surface area contributed by atoms with Crippen molar-refractivity contribution in [1.82, 2.24) is 14.9 Å². The summed E-state index contributed by atoms with van der Waals surface area (Å²) in [7, 11) is 0. The molecule has 3 aromatic carbocycles. The van der Waals surface area contributed by atoms with E-state index < -0.39 is 6.23 Å². The minimum atomic E-state index is -0.761. The van der Waals surface area contributed by atoms with E-state index >= 15 is 0 Å². The van der Waals surface area contributed by atoms with Gasteiger partial charge in [0.1, 0.15) is 12.0 Å². The number of hydrogen-bond donors (Lipinski definition) is 2. The number of aliphatic hydroxyl groups excluding tert-OH is 1. The molecule has 1 unspecified atom stereocenters. The molecule has 0 radical (unpaired) electrons. The zero-order valence-corrected chi connectivity index (χ0v) is 19.4. The van der Waals surface area contributed by atoms with Gasteiger partial charge in [-0.15, -0.1) is 0 Å². The molecule has 5 rings (SSSR count). The highest BCUT2D eigenvalue weighted by atomic mass is 16.5. The van der Waals surface area contributed by atoms with Gasteiger partial charge in [0.05, 0.1) is 25.2 Å². The van der Waals surface area contributed by atoms with E-state index in [-0.39, 0.29) is 0 Å². The topological polar surface area (TPSA) is 64.6 Å². The Balaban J connectivity index is 1.50. The van der Waals surface area contributed by atoms with Crippen molar-refractivity contribution in [3.05, 3.63) is 102 Å². The van der Waals surface area contributed by atoms with Gasteiger partial charge in [0.2, 0.25) is 0 Å². The summed E-state index contributed by atoms with van der Waals surface area (Å²) >= 11 is 0. The van der Waals surface area contributed by atoms with Crippen LogP contribution in [0.1, 0.15) is 30.0 Å². The number of rotatable bonds is 7. The summed E-state index contributed by atoms with van der Waals surface area (Å²) in [5, 5.41) is 11.4. The number of aliphatic hydroxyl groups is 1. The molecule has 0 saturated carbocycles. The van der Waals surface area contributed by atoms with Crippen LogP contribution < -0.4 is 9.64 Å². The number of aromatic amines is 1. The van der Waals surface area contributed by atoms with Crippen LogP contribution in [0.4, 0.5) is 5.69 Å². The maximum Gasteiger partial charge on any atom is 0.137 e. The molecule has 0 bridgehead atoms. The van der Waals surface area contributed by atoms with Crippen LogP contribution in [-0.2, 0) is 13.1 Å². The molecule has 34 heavy (non-hydrogen) atoms. The summed E-state index contributed by atoms with van der Waals surface area (Å²) in [6.07, 6.45) is 2.82. The molecule has 2 heterocycles. The Bertz CT molecular complexity index is 1210. The molecule has 2 N–H and O–H groups in total. The number of ether oxygens (including phenoxy) is 1. The van der Waals surface area contributed by atoms with Gasteiger partial charge in [-0.2, -0.15) is 0 Å². The predicted octanol–water partition coefficient (Wildman–Crippen LogP) is 4.99. The van der Waals surface area contributed by atoms with Gasteiger partial charge in [0.25, 0.3) is 0 Å². The van der Waals surface area contributed by atoms with Gasteiger partial charge in [0.15, 0.2) is 0 Å². The number of imidazole rings is 1. The first-order valence-electron chi connectivity index (χ1n) is 11.8. The lowest BCUT2D eigenvalue weighted by Crippen LogP contribution is -2.34. The van der Waals surface area contributed by atoms with E-state index in [1.54, 1.807) is 6.33 Å². The smallest absolute Gasteiger partial charge is 0.137 e. The van der Waals surface area contributed by atoms with Crippen molar-refractivity contribution in [1.29, 1.82) is 0 Å². The Morgan fingerprint density at radius 2 is 1.82 bits per heavy atom. The Morgan fingerprint density at radius 1 is 1.00 bits per heavy atom. The van der Waals surface area contributed by atoms with Crippen molar-refractivity contribution in [2.24, 2.45) is 0 Å². The second-order valence-corrected chi connectivity index (χ2v) is 8.52. The normalized spacial score (nSPS) is 14.9. The lowest BCUT2D eigenvalue weighted by molar-refractivity contribution is -0.00292. The highest BCUT2D eigenvalue weighted by Crippen LogP contribution is 2.35. The fraction of sp³-hybridized carbons (Fsp3) is 0.250. The van der Waals surface area contributed by atoms with E-state index in [1.165, 1.54) is 22.4 Å². The van der Waals surface area contributed by atoms with Crippen LogP contribution in [0.3, 0.4) is 0 Å². The summed E-state index contributed by atoms with van der Waals surface area (Å²) in [5.41, 5.74) is 6.59. The van der Waals surface area contributed by atoms with E-state index in [0.29, 0.717) is 19.7 Å². The van der Waals surface area contributed by atoms with E-state index in [4.69, 9.17) is 4.74 Å². The molecular weight excluding hydrogens is 424 g/mol. The number of nitrogens with one attached hydrogen (secondary N) is 1. The third-order valence-electron chi connectivity index (χ3n) is 6.32. The Kier molecular flexibility index (Phi) is 6.60. The highest BCUT2D eigenvalue weighted by molar-refractivity contribution is 5.69. The first-order chi connectivity index (χ1) is 16.7. The second-order valence-electron chi connectivity index (χ2n) is 8.52. The fourth-order valence-corrected chi connectivity index (χ4v) is 4.63. The lowest BCUT2D eigenvalue weighted by Gasteiger charge is -2.28. The van der Waals surface area contributed by atoms with Crippen LogP contribution in [0.15, 0.2) is 85.3 Å². The molecule has 0 spiro atoms. The average Bonchev–Trinajstić information content (AvgIpc) is 3.32. The summed E-state index contributed by atoms with van der Waals surface area (Å²) in [6, 6.07) is 24.8. The van der Waals surface area contributed by atoms with Crippen LogP contribution in [-0.4, -0.2) is 39.7 Å². The van der Waals surface area contributed by atoms with Gasteiger partial charge in [-0.25, -0.2) is 4.98 Å². The first kappa shape index (κ1) is 22.2. The molecule has 0 amide bonds. The van der Waals surface area contributed by atoms with Crippen LogP contribution in [0.2, 0.25) is 0 Å². The Labute approximate surface area is 200 Å². The van der Waals surface area contributed by atoms with Crippen molar-refractivity contribution in [3.8, 4) is 16.9 Å². The van der Waals surface area contributed by atoms with Gasteiger partial charge in [0, 0.05) is 37.1 Å². The van der Waals surface area contributed by atoms with Crippen molar-refractivity contribution in [3.63, 3.8) is 0 Å². The number of hydrogen-bond acceptors (Lipinski definition) is 5. The van der Waals surface area contributed by atoms with E-state index in [2.05, 4.69) is 62.2 Å². The SMILES string of the molecule is CCOc1ccccc1C(O)N1CCN(Cc2cnc[nH]2)c2ccc(-c3ccccc3)cc2C1. The van der Waals surface area contributed by atoms with E-state index in [0.717, 1.165) is 30.1 Å². The molecule has 4 aromatic rings. The number of para-hydroxylation sites is 1. The molecular formula is C28H30N4O2. The average molecular weight is 455 g/mol. The van der Waals surface area contributed by atoms with Crippen molar-refractivity contribution in [2.75, 3.05) is 24.6 Å². The lowest BCUT2D eigenvalue weighted by atomic mass is 10.0. The molecule has 1 atom stereocenters. The monoisotopic (exact) mass is 454 g/mol. The fourth-order valence-electron chi connectivity index (χ4n) is 4.63. The van der Waals surface area contributed by atoms with Crippen LogP contribution in [0, 0.1) is 0 Å². The summed E-state index contributed by atoms with van der Waals surface area (Å²) in [6.45, 7) is 5.39. The molecule has 1 aliphatic heterocycles. The van der Waals surface area contributed by atoms with E-state index in [1.807, 2.05) is 43.5 Å². The maximum atomic E-state index is 11.4. The second kappa shape index (κ2) is 10.1. The van der Waals surface area contributed by atoms with Crippen LogP contribution >= 0.6 is 0 Å². The first-order valence-corrected chi connectivity index (χ1v) is 11.8. The highest BCUT2D eigenvalue weighted by Gasteiger charge is 2.27. The Morgan fingerprint density at radius 3 is 2.62 bits per heavy atom. The van der Waals surface area contributed by atoms with Gasteiger partial charge in [-0.3, -0.25) is 4.90 Å². The third kappa shape index (κ3) is 4.69. The maximum absolute atomic E-state index is 11.4. The van der Waals surface area contributed by atoms with Gasteiger partial charge in [-0.1, -0.05) is 54.6 Å². The molecule has 6 heteroatoms. The number of nitrogens with zero attached hydrogens (tertiary/aromatic N) is 3. The van der Waals surface area contributed by atoms with Gasteiger partial charge < -0.3 is 19.7 Å². The minimum absolute atomic E-state index is 0.560. The molecule has 174 valence electrons. The van der Waals surface area contributed by atoms with Crippen molar-refractivity contribution < 1.29 is 9.84 Å². The summed E-state index contributed by atoms with van der Waals surface area (Å²) < 4.78 is 5.81. The van der Waals surface area contributed by atoms with Crippen LogP contribution in [0.25, 0.3) is 11.1 Å². The number of H-pyrrole nitrogens is 1. The summed E-state index contributed by atoms with van der Waals surface area (Å²) in [4.78, 5) is 11.9. The largest absolute Gasteiger partial charge is 0.493 e. The van der Waals surface area contributed by atoms with Crippen molar-refractivity contribution in [2.45, 2.75) is 26.2 Å². The third-order valence-corrected chi connectivity index (χ3v) is 6.32. The minimum Gasteiger partial charge on any atom is -0.493 e. The molecule has 0 fully saturated rings. The van der Waals surface area contributed by atoms with Crippen molar-refractivity contribution >= 4 is 5.69 Å². The quantitative estimate of drug-likeness (QED) is 0.412. The molecule has 1 aliphatic rings. The number of benzene rings is 3. The Hall–Kier alpha value is -3.61. The standard InChI is InChI=1S/C28H30N4O2/c1-2-34-27-11-7-6-10-25(27)28(33)32-15-14-31(19-24-17-29-20-30-24)26-13-12-22(16-23(26)18-32)21-8-4-3-5-9-21/h3-13,16-17,20,28,33H,2,14-15,18-19H2,1H3,(H,29,30). The predicted molar refractivity (Wildman–Crippen MR) is 134 cm³/mol. The van der Waals surface area contributed by atoms with E-state index in [9.17, 15) is 5.11 Å². The van der Waals surface area contributed by atoms with Gasteiger partial charge >= 0.3 is 0 Å². The number of anilines is 1. The molecule has 6 nitrogen and oxygen atoms in total. The molecule has 0 saturated heterocycles. The number of fused-ring (bicyclic) bond motifs is 1. The zero-order valence-electron chi connectivity index (χ0n) is 19.4. The van der Waals surface area contributed by atoms with Gasteiger partial charge in [-0.05, 0) is 41.8 Å². The van der Waals surface area contributed by atoms with Crippen LogP contribution in [0.5, 0.6) is 5.75 Å².